The largest absolute Gasteiger partial charge is 0.478 e. The molecule has 1 aliphatic heterocycles. The minimum atomic E-state index is -4.86. The standard InChI is InChI=1S/C20H20F3N3O3/c21-20(22,23)17-15(19(28)29)11-24-26(17)14-8-6-12(7-9-14)16-3-1-2-10-25(16)18(27)13-4-5-13/h6-9,11,13,16H,1-5,10H2,(H,28,29). The van der Waals surface area contributed by atoms with Crippen LogP contribution in [0.2, 0.25) is 0 Å². The number of piperidine rings is 1. The highest BCUT2D eigenvalue weighted by molar-refractivity contribution is 5.89. The number of hydrogen-bond acceptors (Lipinski definition) is 3. The van der Waals surface area contributed by atoms with Crippen LogP contribution in [-0.4, -0.2) is 38.2 Å². The lowest BCUT2D eigenvalue weighted by Crippen LogP contribution is -2.39. The second-order valence-corrected chi connectivity index (χ2v) is 7.53. The van der Waals surface area contributed by atoms with Crippen molar-refractivity contribution >= 4 is 11.9 Å². The van der Waals surface area contributed by atoms with E-state index < -0.39 is 23.4 Å². The molecule has 2 fully saturated rings. The molecular formula is C20H20F3N3O3. The predicted octanol–water partition coefficient (Wildman–Crippen LogP) is 4.05. The van der Waals surface area contributed by atoms with Crippen LogP contribution in [0.3, 0.4) is 0 Å². The van der Waals surface area contributed by atoms with Crippen molar-refractivity contribution in [2.24, 2.45) is 5.92 Å². The van der Waals surface area contributed by atoms with Crippen LogP contribution < -0.4 is 0 Å². The van der Waals surface area contributed by atoms with Gasteiger partial charge in [0.25, 0.3) is 0 Å². The van der Waals surface area contributed by atoms with Gasteiger partial charge in [-0.3, -0.25) is 4.79 Å². The van der Waals surface area contributed by atoms with Gasteiger partial charge >= 0.3 is 12.1 Å². The number of halogens is 3. The van der Waals surface area contributed by atoms with Crippen molar-refractivity contribution < 1.29 is 27.9 Å². The van der Waals surface area contributed by atoms with Crippen molar-refractivity contribution in [1.29, 1.82) is 0 Å². The lowest BCUT2D eigenvalue weighted by atomic mass is 9.94. The number of carbonyl (C=O) groups excluding carboxylic acids is 1. The van der Waals surface area contributed by atoms with Crippen LogP contribution in [0.25, 0.3) is 5.69 Å². The number of benzene rings is 1. The maximum atomic E-state index is 13.4. The minimum absolute atomic E-state index is 0.0832. The zero-order valence-electron chi connectivity index (χ0n) is 15.5. The molecule has 2 aromatic rings. The van der Waals surface area contributed by atoms with Gasteiger partial charge in [0, 0.05) is 12.5 Å². The topological polar surface area (TPSA) is 75.4 Å². The number of carboxylic acid groups (broad SMARTS) is 1. The lowest BCUT2D eigenvalue weighted by Gasteiger charge is -2.36. The van der Waals surface area contributed by atoms with Gasteiger partial charge in [0.05, 0.1) is 17.9 Å². The second-order valence-electron chi connectivity index (χ2n) is 7.53. The SMILES string of the molecule is O=C(O)c1cnn(-c2ccc(C3CCCCN3C(=O)C3CC3)cc2)c1C(F)(F)F. The summed E-state index contributed by atoms with van der Waals surface area (Å²) in [6.07, 6.45) is 0.443. The van der Waals surface area contributed by atoms with Gasteiger partial charge in [0.1, 0.15) is 5.56 Å². The molecule has 0 bridgehead atoms. The Bertz CT molecular complexity index is 933. The molecule has 1 amide bonds. The molecule has 0 spiro atoms. The summed E-state index contributed by atoms with van der Waals surface area (Å²) in [5.74, 6) is -1.41. The Labute approximate surface area is 164 Å². The van der Waals surface area contributed by atoms with E-state index in [1.807, 2.05) is 4.90 Å². The molecule has 154 valence electrons. The number of carbonyl (C=O) groups is 2. The molecule has 2 heterocycles. The summed E-state index contributed by atoms with van der Waals surface area (Å²) in [6, 6.07) is 6.27. The summed E-state index contributed by atoms with van der Waals surface area (Å²) in [7, 11) is 0. The van der Waals surface area contributed by atoms with E-state index in [1.54, 1.807) is 12.1 Å². The first-order valence-electron chi connectivity index (χ1n) is 9.56. The van der Waals surface area contributed by atoms with Crippen LogP contribution in [-0.2, 0) is 11.0 Å². The quantitative estimate of drug-likeness (QED) is 0.830. The molecule has 1 aromatic heterocycles. The molecule has 29 heavy (non-hydrogen) atoms. The van der Waals surface area contributed by atoms with E-state index in [2.05, 4.69) is 5.10 Å². The average Bonchev–Trinajstić information content (AvgIpc) is 3.43. The first-order valence-corrected chi connectivity index (χ1v) is 9.56. The van der Waals surface area contributed by atoms with Crippen LogP contribution >= 0.6 is 0 Å². The molecule has 1 aromatic carbocycles. The maximum Gasteiger partial charge on any atom is 0.434 e. The smallest absolute Gasteiger partial charge is 0.434 e. The zero-order valence-corrected chi connectivity index (χ0v) is 15.5. The number of amides is 1. The number of hydrogen-bond donors (Lipinski definition) is 1. The predicted molar refractivity (Wildman–Crippen MR) is 96.6 cm³/mol. The third-order valence-corrected chi connectivity index (χ3v) is 5.50. The minimum Gasteiger partial charge on any atom is -0.478 e. The van der Waals surface area contributed by atoms with Gasteiger partial charge in [-0.25, -0.2) is 9.48 Å². The fourth-order valence-electron chi connectivity index (χ4n) is 3.92. The van der Waals surface area contributed by atoms with Gasteiger partial charge in [-0.2, -0.15) is 18.3 Å². The molecular weight excluding hydrogens is 387 g/mol. The van der Waals surface area contributed by atoms with E-state index in [-0.39, 0.29) is 23.6 Å². The van der Waals surface area contributed by atoms with Crippen molar-refractivity contribution in [2.45, 2.75) is 44.3 Å². The molecule has 6 nitrogen and oxygen atoms in total. The van der Waals surface area contributed by atoms with E-state index >= 15 is 0 Å². The number of likely N-dealkylation sites (tertiary alicyclic amines) is 1. The molecule has 1 saturated carbocycles. The van der Waals surface area contributed by atoms with Gasteiger partial charge in [-0.15, -0.1) is 0 Å². The number of aromatic carboxylic acids is 1. The average molecular weight is 407 g/mol. The Kier molecular flexibility index (Phi) is 4.84. The van der Waals surface area contributed by atoms with Crippen LogP contribution in [0.4, 0.5) is 13.2 Å². The molecule has 1 saturated heterocycles. The molecule has 1 atom stereocenters. The first-order chi connectivity index (χ1) is 13.8. The van der Waals surface area contributed by atoms with Gasteiger partial charge in [-0.1, -0.05) is 12.1 Å². The summed E-state index contributed by atoms with van der Waals surface area (Å²) in [5.41, 5.74) is -1.23. The van der Waals surface area contributed by atoms with Crippen molar-refractivity contribution in [3.8, 4) is 5.69 Å². The number of rotatable bonds is 4. The summed E-state index contributed by atoms with van der Waals surface area (Å²) in [5, 5.41) is 12.7. The number of carboxylic acids is 1. The summed E-state index contributed by atoms with van der Waals surface area (Å²) >= 11 is 0. The van der Waals surface area contributed by atoms with E-state index in [1.165, 1.54) is 12.1 Å². The van der Waals surface area contributed by atoms with Crippen molar-refractivity contribution in [2.75, 3.05) is 6.54 Å². The van der Waals surface area contributed by atoms with Crippen LogP contribution in [0, 0.1) is 5.92 Å². The van der Waals surface area contributed by atoms with Gasteiger partial charge < -0.3 is 10.0 Å². The molecule has 2 aliphatic rings. The maximum absolute atomic E-state index is 13.4. The second kappa shape index (κ2) is 7.20. The fraction of sp³-hybridized carbons (Fsp3) is 0.450. The van der Waals surface area contributed by atoms with Gasteiger partial charge in [-0.05, 0) is 49.8 Å². The Morgan fingerprint density at radius 3 is 2.34 bits per heavy atom. The van der Waals surface area contributed by atoms with E-state index in [0.29, 0.717) is 17.4 Å². The highest BCUT2D eigenvalue weighted by atomic mass is 19.4. The van der Waals surface area contributed by atoms with Crippen molar-refractivity contribution in [1.82, 2.24) is 14.7 Å². The van der Waals surface area contributed by atoms with Gasteiger partial charge in [0.2, 0.25) is 5.91 Å². The summed E-state index contributed by atoms with van der Waals surface area (Å²) < 4.78 is 40.8. The molecule has 1 aliphatic carbocycles. The van der Waals surface area contributed by atoms with Crippen LogP contribution in [0.15, 0.2) is 30.5 Å². The molecule has 1 unspecified atom stereocenters. The Balaban J connectivity index is 1.64. The Morgan fingerprint density at radius 1 is 1.07 bits per heavy atom. The monoisotopic (exact) mass is 407 g/mol. The Hall–Kier alpha value is -2.84. The van der Waals surface area contributed by atoms with E-state index in [9.17, 15) is 22.8 Å². The lowest BCUT2D eigenvalue weighted by molar-refractivity contribution is -0.143. The third-order valence-electron chi connectivity index (χ3n) is 5.50. The number of nitrogens with zero attached hydrogens (tertiary/aromatic N) is 3. The highest BCUT2D eigenvalue weighted by Gasteiger charge is 2.41. The highest BCUT2D eigenvalue weighted by Crippen LogP contribution is 2.38. The summed E-state index contributed by atoms with van der Waals surface area (Å²) in [4.78, 5) is 25.6. The third kappa shape index (κ3) is 3.73. The van der Waals surface area contributed by atoms with Crippen molar-refractivity contribution in [3.63, 3.8) is 0 Å². The molecule has 1 N–H and O–H groups in total. The van der Waals surface area contributed by atoms with Crippen LogP contribution in [0.1, 0.15) is 59.8 Å². The molecule has 4 rings (SSSR count). The number of aromatic nitrogens is 2. The normalized spacial score (nSPS) is 20.0. The van der Waals surface area contributed by atoms with E-state index in [0.717, 1.165) is 37.7 Å². The molecule has 9 heteroatoms. The number of alkyl halides is 3. The van der Waals surface area contributed by atoms with Gasteiger partial charge in [0.15, 0.2) is 5.69 Å². The fourth-order valence-corrected chi connectivity index (χ4v) is 3.92. The van der Waals surface area contributed by atoms with E-state index in [4.69, 9.17) is 5.11 Å². The first kappa shape index (κ1) is 19.5. The van der Waals surface area contributed by atoms with Crippen LogP contribution in [0.5, 0.6) is 0 Å². The Morgan fingerprint density at radius 2 is 1.76 bits per heavy atom. The summed E-state index contributed by atoms with van der Waals surface area (Å²) in [6.45, 7) is 0.696. The molecule has 0 radical (unpaired) electrons. The zero-order chi connectivity index (χ0) is 20.8. The van der Waals surface area contributed by atoms with Crippen molar-refractivity contribution in [3.05, 3.63) is 47.3 Å².